The van der Waals surface area contributed by atoms with E-state index >= 15 is 0 Å². The van der Waals surface area contributed by atoms with Crippen molar-refractivity contribution in [2.24, 2.45) is 5.92 Å². The third-order valence-corrected chi connectivity index (χ3v) is 2.01. The molecule has 0 fully saturated rings. The first-order valence-electron chi connectivity index (χ1n) is 5.11. The predicted octanol–water partition coefficient (Wildman–Crippen LogP) is 2.91. The summed E-state index contributed by atoms with van der Waals surface area (Å²) in [5.74, 6) is 0.168. The zero-order valence-electron chi connectivity index (χ0n) is 9.33. The second-order valence-corrected chi connectivity index (χ2v) is 4.07. The smallest absolute Gasteiger partial charge is 0.165 e. The molecule has 0 aliphatic carbocycles. The summed E-state index contributed by atoms with van der Waals surface area (Å²) in [7, 11) is 0. The van der Waals surface area contributed by atoms with Crippen LogP contribution < -0.4 is 4.74 Å². The van der Waals surface area contributed by atoms with Gasteiger partial charge in [-0.05, 0) is 30.5 Å². The van der Waals surface area contributed by atoms with Crippen molar-refractivity contribution in [3.63, 3.8) is 0 Å². The van der Waals surface area contributed by atoms with Crippen LogP contribution in [0.5, 0.6) is 5.75 Å². The fourth-order valence-corrected chi connectivity index (χ4v) is 1.15. The second kappa shape index (κ2) is 5.12. The Bertz CT molecular complexity index is 321. The number of aliphatic hydroxyl groups excluding tert-OH is 1. The van der Waals surface area contributed by atoms with E-state index in [9.17, 15) is 9.50 Å². The van der Waals surface area contributed by atoms with E-state index in [4.69, 9.17) is 4.74 Å². The van der Waals surface area contributed by atoms with E-state index in [1.54, 1.807) is 19.1 Å². The molecule has 0 bridgehead atoms. The van der Waals surface area contributed by atoms with Gasteiger partial charge in [0.15, 0.2) is 11.6 Å². The summed E-state index contributed by atoms with van der Waals surface area (Å²) in [5, 5.41) is 9.34. The number of rotatable bonds is 4. The molecule has 0 aliphatic rings. The lowest BCUT2D eigenvalue weighted by molar-refractivity contribution is 0.197. The lowest BCUT2D eigenvalue weighted by atomic mass is 10.1. The molecule has 2 nitrogen and oxygen atoms in total. The van der Waals surface area contributed by atoms with E-state index in [0.717, 1.165) is 0 Å². The van der Waals surface area contributed by atoms with Gasteiger partial charge in [0.05, 0.1) is 12.7 Å². The number of ether oxygens (including phenoxy) is 1. The molecule has 3 heteroatoms. The van der Waals surface area contributed by atoms with Crippen molar-refractivity contribution in [2.75, 3.05) is 6.61 Å². The minimum Gasteiger partial charge on any atom is -0.490 e. The number of halogens is 1. The number of hydrogen-bond acceptors (Lipinski definition) is 2. The van der Waals surface area contributed by atoms with Gasteiger partial charge in [-0.15, -0.1) is 0 Å². The fraction of sp³-hybridized carbons (Fsp3) is 0.500. The molecule has 1 atom stereocenters. The molecule has 0 radical (unpaired) electrons. The van der Waals surface area contributed by atoms with Crippen molar-refractivity contribution < 1.29 is 14.2 Å². The quantitative estimate of drug-likeness (QED) is 0.831. The second-order valence-electron chi connectivity index (χ2n) is 4.07. The van der Waals surface area contributed by atoms with Crippen molar-refractivity contribution in [3.05, 3.63) is 29.6 Å². The normalized spacial score (nSPS) is 12.9. The highest BCUT2D eigenvalue weighted by molar-refractivity contribution is 5.31. The van der Waals surface area contributed by atoms with Crippen LogP contribution in [0.25, 0.3) is 0 Å². The highest BCUT2D eigenvalue weighted by Gasteiger charge is 2.08. The molecule has 1 N–H and O–H groups in total. The molecule has 1 aromatic carbocycles. The van der Waals surface area contributed by atoms with Gasteiger partial charge in [0, 0.05) is 0 Å². The SMILES string of the molecule is CC(C)COc1cc(C(C)O)ccc1F. The van der Waals surface area contributed by atoms with Crippen molar-refractivity contribution in [1.29, 1.82) is 0 Å². The molecule has 1 unspecified atom stereocenters. The Morgan fingerprint density at radius 3 is 2.53 bits per heavy atom. The van der Waals surface area contributed by atoms with Crippen LogP contribution in [0.15, 0.2) is 18.2 Å². The molecule has 0 saturated heterocycles. The highest BCUT2D eigenvalue weighted by Crippen LogP contribution is 2.23. The summed E-state index contributed by atoms with van der Waals surface area (Å²) in [4.78, 5) is 0. The predicted molar refractivity (Wildman–Crippen MR) is 57.4 cm³/mol. The minimum atomic E-state index is -0.605. The lowest BCUT2D eigenvalue weighted by Crippen LogP contribution is -2.06. The molecule has 1 rings (SSSR count). The topological polar surface area (TPSA) is 29.5 Å². The molecule has 0 heterocycles. The molecular weight excluding hydrogens is 195 g/mol. The maximum atomic E-state index is 13.3. The molecule has 0 aromatic heterocycles. The van der Waals surface area contributed by atoms with Crippen LogP contribution >= 0.6 is 0 Å². The first kappa shape index (κ1) is 12.0. The van der Waals surface area contributed by atoms with E-state index in [2.05, 4.69) is 0 Å². The van der Waals surface area contributed by atoms with E-state index in [-0.39, 0.29) is 11.6 Å². The molecule has 0 saturated carbocycles. The Kier molecular flexibility index (Phi) is 4.09. The third kappa shape index (κ3) is 3.51. The fourth-order valence-electron chi connectivity index (χ4n) is 1.15. The summed E-state index contributed by atoms with van der Waals surface area (Å²) in [6.07, 6.45) is -0.605. The van der Waals surface area contributed by atoms with E-state index in [0.29, 0.717) is 18.1 Å². The largest absolute Gasteiger partial charge is 0.490 e. The highest BCUT2D eigenvalue weighted by atomic mass is 19.1. The Morgan fingerprint density at radius 1 is 1.33 bits per heavy atom. The molecule has 0 aliphatic heterocycles. The molecule has 0 spiro atoms. The zero-order chi connectivity index (χ0) is 11.4. The molecule has 84 valence electrons. The summed E-state index contributed by atoms with van der Waals surface area (Å²) >= 11 is 0. The first-order chi connectivity index (χ1) is 7.00. The van der Waals surface area contributed by atoms with Gasteiger partial charge < -0.3 is 9.84 Å². The Labute approximate surface area is 89.7 Å². The molecular formula is C12H17FO2. The summed E-state index contributed by atoms with van der Waals surface area (Å²) in [6.45, 7) is 6.10. The van der Waals surface area contributed by atoms with Crippen LogP contribution in [-0.4, -0.2) is 11.7 Å². The molecule has 0 amide bonds. The van der Waals surface area contributed by atoms with Crippen LogP contribution in [0, 0.1) is 11.7 Å². The average Bonchev–Trinajstić information content (AvgIpc) is 2.16. The minimum absolute atomic E-state index is 0.210. The maximum absolute atomic E-state index is 13.3. The van der Waals surface area contributed by atoms with E-state index < -0.39 is 6.10 Å². The summed E-state index contributed by atoms with van der Waals surface area (Å²) in [6, 6.07) is 4.42. The van der Waals surface area contributed by atoms with Crippen molar-refractivity contribution in [3.8, 4) is 5.75 Å². The zero-order valence-corrected chi connectivity index (χ0v) is 9.33. The standard InChI is InChI=1S/C12H17FO2/c1-8(2)7-15-12-6-10(9(3)14)4-5-11(12)13/h4-6,8-9,14H,7H2,1-3H3. The van der Waals surface area contributed by atoms with Crippen LogP contribution in [0.3, 0.4) is 0 Å². The van der Waals surface area contributed by atoms with Crippen molar-refractivity contribution in [1.82, 2.24) is 0 Å². The van der Waals surface area contributed by atoms with Gasteiger partial charge in [-0.25, -0.2) is 4.39 Å². The van der Waals surface area contributed by atoms with Crippen LogP contribution in [0.2, 0.25) is 0 Å². The Hall–Kier alpha value is -1.09. The van der Waals surface area contributed by atoms with Gasteiger partial charge in [0.1, 0.15) is 0 Å². The van der Waals surface area contributed by atoms with Gasteiger partial charge >= 0.3 is 0 Å². The van der Waals surface area contributed by atoms with Crippen molar-refractivity contribution >= 4 is 0 Å². The average molecular weight is 212 g/mol. The Balaban J connectivity index is 2.81. The van der Waals surface area contributed by atoms with Crippen LogP contribution in [0.4, 0.5) is 4.39 Å². The van der Waals surface area contributed by atoms with Crippen LogP contribution in [-0.2, 0) is 0 Å². The third-order valence-electron chi connectivity index (χ3n) is 2.01. The number of aliphatic hydroxyl groups is 1. The van der Waals surface area contributed by atoms with E-state index in [1.165, 1.54) is 6.07 Å². The van der Waals surface area contributed by atoms with Crippen molar-refractivity contribution in [2.45, 2.75) is 26.9 Å². The lowest BCUT2D eigenvalue weighted by Gasteiger charge is -2.12. The van der Waals surface area contributed by atoms with Gasteiger partial charge in [-0.3, -0.25) is 0 Å². The monoisotopic (exact) mass is 212 g/mol. The van der Waals surface area contributed by atoms with Gasteiger partial charge in [0.2, 0.25) is 0 Å². The molecule has 15 heavy (non-hydrogen) atoms. The maximum Gasteiger partial charge on any atom is 0.165 e. The van der Waals surface area contributed by atoms with Gasteiger partial charge in [0.25, 0.3) is 0 Å². The first-order valence-corrected chi connectivity index (χ1v) is 5.11. The molecule has 1 aromatic rings. The number of hydrogen-bond donors (Lipinski definition) is 1. The van der Waals surface area contributed by atoms with Gasteiger partial charge in [-0.2, -0.15) is 0 Å². The number of benzene rings is 1. The van der Waals surface area contributed by atoms with Crippen LogP contribution in [0.1, 0.15) is 32.4 Å². The summed E-state index contributed by atoms with van der Waals surface area (Å²) < 4.78 is 18.6. The Morgan fingerprint density at radius 2 is 2.00 bits per heavy atom. The van der Waals surface area contributed by atoms with E-state index in [1.807, 2.05) is 13.8 Å². The summed E-state index contributed by atoms with van der Waals surface area (Å²) in [5.41, 5.74) is 0.662. The van der Waals surface area contributed by atoms with Gasteiger partial charge in [-0.1, -0.05) is 19.9 Å².